The van der Waals surface area contributed by atoms with Crippen molar-refractivity contribution in [3.63, 3.8) is 0 Å². The summed E-state index contributed by atoms with van der Waals surface area (Å²) in [5.74, 6) is 0. The summed E-state index contributed by atoms with van der Waals surface area (Å²) in [6.45, 7) is 0.851. The first-order valence-corrected chi connectivity index (χ1v) is 6.69. The van der Waals surface area contributed by atoms with E-state index in [2.05, 4.69) is 34.3 Å². The van der Waals surface area contributed by atoms with Crippen LogP contribution in [-0.4, -0.2) is 27.5 Å². The Balaban J connectivity index is 2.24. The molecule has 16 heavy (non-hydrogen) atoms. The first kappa shape index (κ1) is 11.5. The molecule has 0 spiro atoms. The maximum atomic E-state index is 5.25. The molecule has 0 radical (unpaired) electrons. The lowest BCUT2D eigenvalue weighted by atomic mass is 10.2. The van der Waals surface area contributed by atoms with Crippen LogP contribution in [0, 0.1) is 0 Å². The van der Waals surface area contributed by atoms with Crippen LogP contribution in [0.2, 0.25) is 0 Å². The molecule has 84 valence electrons. The Morgan fingerprint density at radius 3 is 2.94 bits per heavy atom. The van der Waals surface area contributed by atoms with E-state index in [9.17, 15) is 0 Å². The monoisotopic (exact) mass is 250 g/mol. The smallest absolute Gasteiger partial charge is 0.136 e. The predicted molar refractivity (Wildman–Crippen MR) is 75.9 cm³/mol. The van der Waals surface area contributed by atoms with Gasteiger partial charge in [0.2, 0.25) is 0 Å². The summed E-state index contributed by atoms with van der Waals surface area (Å²) < 4.78 is 0.922. The molecule has 2 nitrogen and oxygen atoms in total. The van der Waals surface area contributed by atoms with Gasteiger partial charge in [-0.2, -0.15) is 0 Å². The molecule has 0 atom stereocenters. The van der Waals surface area contributed by atoms with E-state index in [4.69, 9.17) is 12.2 Å². The van der Waals surface area contributed by atoms with E-state index in [1.54, 1.807) is 11.8 Å². The SMILES string of the molecule is CSC(=S)N(C)Cc1c[nH]c2ccccc12. The maximum Gasteiger partial charge on any atom is 0.136 e. The molecule has 1 N–H and O–H groups in total. The number of H-pyrrole nitrogens is 1. The van der Waals surface area contributed by atoms with Crippen LogP contribution in [0.3, 0.4) is 0 Å². The number of aromatic nitrogens is 1. The molecule has 0 aliphatic rings. The van der Waals surface area contributed by atoms with Crippen LogP contribution in [0.25, 0.3) is 10.9 Å². The third kappa shape index (κ3) is 2.23. The van der Waals surface area contributed by atoms with E-state index in [1.807, 2.05) is 19.4 Å². The molecule has 0 saturated heterocycles. The average molecular weight is 250 g/mol. The number of fused-ring (bicyclic) bond motifs is 1. The number of hydrogen-bond donors (Lipinski definition) is 1. The van der Waals surface area contributed by atoms with E-state index < -0.39 is 0 Å². The standard InChI is InChI=1S/C12H14N2S2/c1-14(12(15)16-2)8-9-7-13-11-6-4-3-5-10(9)11/h3-7,13H,8H2,1-2H3. The van der Waals surface area contributed by atoms with E-state index in [0.29, 0.717) is 0 Å². The van der Waals surface area contributed by atoms with Crippen molar-refractivity contribution in [2.75, 3.05) is 13.3 Å². The lowest BCUT2D eigenvalue weighted by molar-refractivity contribution is 0.521. The van der Waals surface area contributed by atoms with Gasteiger partial charge in [-0.15, -0.1) is 11.8 Å². The zero-order valence-corrected chi connectivity index (χ0v) is 11.0. The Bertz CT molecular complexity index is 504. The van der Waals surface area contributed by atoms with Crippen molar-refractivity contribution in [3.8, 4) is 0 Å². The molecule has 0 aliphatic heterocycles. The van der Waals surface area contributed by atoms with Gasteiger partial charge < -0.3 is 9.88 Å². The third-order valence-electron chi connectivity index (χ3n) is 2.57. The number of aromatic amines is 1. The van der Waals surface area contributed by atoms with Crippen LogP contribution in [0.1, 0.15) is 5.56 Å². The number of nitrogens with one attached hydrogen (secondary N) is 1. The highest BCUT2D eigenvalue weighted by Gasteiger charge is 2.07. The Morgan fingerprint density at radius 2 is 2.19 bits per heavy atom. The van der Waals surface area contributed by atoms with Gasteiger partial charge in [0.05, 0.1) is 0 Å². The van der Waals surface area contributed by atoms with Crippen molar-refractivity contribution in [2.24, 2.45) is 0 Å². The zero-order chi connectivity index (χ0) is 11.5. The van der Waals surface area contributed by atoms with Gasteiger partial charge in [0.25, 0.3) is 0 Å². The number of thioether (sulfide) groups is 1. The van der Waals surface area contributed by atoms with Crippen molar-refractivity contribution in [2.45, 2.75) is 6.54 Å². The minimum atomic E-state index is 0.851. The van der Waals surface area contributed by atoms with Gasteiger partial charge in [0.1, 0.15) is 4.32 Å². The molecule has 1 aromatic heterocycles. The minimum absolute atomic E-state index is 0.851. The summed E-state index contributed by atoms with van der Waals surface area (Å²) in [7, 11) is 2.03. The lowest BCUT2D eigenvalue weighted by Gasteiger charge is -2.17. The van der Waals surface area contributed by atoms with Crippen molar-refractivity contribution in [1.82, 2.24) is 9.88 Å². The summed E-state index contributed by atoms with van der Waals surface area (Å²) >= 11 is 6.86. The molecule has 1 heterocycles. The fraction of sp³-hybridized carbons (Fsp3) is 0.250. The second-order valence-electron chi connectivity index (χ2n) is 3.69. The Kier molecular flexibility index (Phi) is 3.51. The van der Waals surface area contributed by atoms with Crippen molar-refractivity contribution >= 4 is 39.2 Å². The van der Waals surface area contributed by atoms with Crippen LogP contribution in [0.15, 0.2) is 30.5 Å². The number of para-hydroxylation sites is 1. The summed E-state index contributed by atoms with van der Waals surface area (Å²) in [5, 5.41) is 1.28. The van der Waals surface area contributed by atoms with Gasteiger partial charge in [0, 0.05) is 30.7 Å². The van der Waals surface area contributed by atoms with Gasteiger partial charge in [-0.25, -0.2) is 0 Å². The predicted octanol–water partition coefficient (Wildman–Crippen LogP) is 3.25. The molecular weight excluding hydrogens is 236 g/mol. The van der Waals surface area contributed by atoms with Gasteiger partial charge in [-0.05, 0) is 17.9 Å². The molecular formula is C12H14N2S2. The lowest BCUT2D eigenvalue weighted by Crippen LogP contribution is -2.21. The number of rotatable bonds is 2. The third-order valence-corrected chi connectivity index (χ3v) is 4.04. The normalized spacial score (nSPS) is 10.6. The first-order chi connectivity index (χ1) is 7.72. The number of hydrogen-bond acceptors (Lipinski definition) is 2. The molecule has 2 aromatic rings. The largest absolute Gasteiger partial charge is 0.361 e. The molecule has 0 fully saturated rings. The second kappa shape index (κ2) is 4.89. The highest BCUT2D eigenvalue weighted by Crippen LogP contribution is 2.19. The minimum Gasteiger partial charge on any atom is -0.361 e. The quantitative estimate of drug-likeness (QED) is 0.826. The Hall–Kier alpha value is -1.00. The Labute approximate surface area is 105 Å². The number of benzene rings is 1. The van der Waals surface area contributed by atoms with Gasteiger partial charge in [0.15, 0.2) is 0 Å². The summed E-state index contributed by atoms with van der Waals surface area (Å²) in [4.78, 5) is 5.37. The fourth-order valence-electron chi connectivity index (χ4n) is 1.74. The molecule has 4 heteroatoms. The molecule has 0 bridgehead atoms. The maximum absolute atomic E-state index is 5.25. The van der Waals surface area contributed by atoms with E-state index in [0.717, 1.165) is 10.9 Å². The number of thiocarbonyl (C=S) groups is 1. The van der Waals surface area contributed by atoms with Crippen molar-refractivity contribution in [1.29, 1.82) is 0 Å². The molecule has 2 rings (SSSR count). The van der Waals surface area contributed by atoms with Gasteiger partial charge in [-0.1, -0.05) is 30.4 Å². The molecule has 1 aromatic carbocycles. The Morgan fingerprint density at radius 1 is 1.44 bits per heavy atom. The van der Waals surface area contributed by atoms with Crippen LogP contribution in [0.4, 0.5) is 0 Å². The van der Waals surface area contributed by atoms with Crippen LogP contribution >= 0.6 is 24.0 Å². The van der Waals surface area contributed by atoms with Crippen molar-refractivity contribution in [3.05, 3.63) is 36.0 Å². The van der Waals surface area contributed by atoms with E-state index in [-0.39, 0.29) is 0 Å². The summed E-state index contributed by atoms with van der Waals surface area (Å²) in [6, 6.07) is 8.33. The fourth-order valence-corrected chi connectivity index (χ4v) is 2.18. The van der Waals surface area contributed by atoms with E-state index in [1.165, 1.54) is 16.5 Å². The van der Waals surface area contributed by atoms with Crippen LogP contribution in [-0.2, 0) is 6.54 Å². The molecule has 0 saturated carbocycles. The first-order valence-electron chi connectivity index (χ1n) is 5.06. The highest BCUT2D eigenvalue weighted by molar-refractivity contribution is 8.22. The molecule has 0 amide bonds. The van der Waals surface area contributed by atoms with Gasteiger partial charge >= 0.3 is 0 Å². The molecule has 0 aliphatic carbocycles. The van der Waals surface area contributed by atoms with Crippen LogP contribution in [0.5, 0.6) is 0 Å². The van der Waals surface area contributed by atoms with Crippen molar-refractivity contribution < 1.29 is 0 Å². The number of nitrogens with zero attached hydrogens (tertiary/aromatic N) is 1. The molecule has 0 unspecified atom stereocenters. The highest BCUT2D eigenvalue weighted by atomic mass is 32.2. The van der Waals surface area contributed by atoms with Crippen LogP contribution < -0.4 is 0 Å². The summed E-state index contributed by atoms with van der Waals surface area (Å²) in [6.07, 6.45) is 4.07. The van der Waals surface area contributed by atoms with E-state index >= 15 is 0 Å². The topological polar surface area (TPSA) is 19.0 Å². The zero-order valence-electron chi connectivity index (χ0n) is 9.36. The average Bonchev–Trinajstić information content (AvgIpc) is 2.72. The second-order valence-corrected chi connectivity index (χ2v) is 5.13. The summed E-state index contributed by atoms with van der Waals surface area (Å²) in [5.41, 5.74) is 2.47. The van der Waals surface area contributed by atoms with Gasteiger partial charge in [-0.3, -0.25) is 0 Å².